The van der Waals surface area contributed by atoms with Crippen molar-refractivity contribution in [1.82, 2.24) is 0 Å². The normalized spacial score (nSPS) is 56.1. The quantitative estimate of drug-likeness (QED) is 0.186. The van der Waals surface area contributed by atoms with Gasteiger partial charge in [-0.25, -0.2) is 0 Å². The van der Waals surface area contributed by atoms with Crippen molar-refractivity contribution in [3.63, 3.8) is 0 Å². The molecule has 7 fully saturated rings. The highest BCUT2D eigenvalue weighted by Gasteiger charge is 2.86. The second-order valence-electron chi connectivity index (χ2n) is 18.8. The zero-order chi connectivity index (χ0) is 35.2. The van der Waals surface area contributed by atoms with Gasteiger partial charge in [-0.2, -0.15) is 0 Å². The molecule has 0 radical (unpaired) electrons. The SMILES string of the molecule is CC(=O)O[C@@H]([C@H]1C[C@@H](C)[C@H]2[C@@](O)(O1)[C@H](O)[C@@]1(C)[C@@H]3CC[C@H]4C(C)(C)C(O[C@@H]5OCC(O)[C@H](O)[C@H]5O)CCC45C[C@@]35CC[C@]21C)C(C)(C)O. The minimum absolute atomic E-state index is 0.0222. The molecule has 3 unspecified atom stereocenters. The highest BCUT2D eigenvalue weighted by Crippen LogP contribution is 2.89. The fourth-order valence-electron chi connectivity index (χ4n) is 13.8. The van der Waals surface area contributed by atoms with E-state index in [1.54, 1.807) is 13.8 Å². The predicted molar refractivity (Wildman–Crippen MR) is 172 cm³/mol. The first kappa shape index (κ1) is 35.5. The second kappa shape index (κ2) is 10.8. The van der Waals surface area contributed by atoms with Crippen LogP contribution in [0, 0.1) is 50.7 Å². The number of carbonyl (C=O) groups is 1. The summed E-state index contributed by atoms with van der Waals surface area (Å²) in [6.07, 6.45) is -0.902. The van der Waals surface area contributed by atoms with E-state index in [0.29, 0.717) is 12.3 Å². The van der Waals surface area contributed by atoms with Crippen LogP contribution < -0.4 is 0 Å². The Balaban J connectivity index is 1.17. The molecule has 48 heavy (non-hydrogen) atoms. The summed E-state index contributed by atoms with van der Waals surface area (Å²) in [5, 5.41) is 67.0. The van der Waals surface area contributed by atoms with Gasteiger partial charge in [-0.05, 0) is 105 Å². The summed E-state index contributed by atoms with van der Waals surface area (Å²) in [5.41, 5.74) is -2.59. The van der Waals surface area contributed by atoms with Crippen LogP contribution in [0.15, 0.2) is 0 Å². The maximum atomic E-state index is 12.6. The van der Waals surface area contributed by atoms with Gasteiger partial charge in [-0.15, -0.1) is 0 Å². The average Bonchev–Trinajstić information content (AvgIpc) is 3.62. The van der Waals surface area contributed by atoms with E-state index in [4.69, 9.17) is 18.9 Å². The highest BCUT2D eigenvalue weighted by molar-refractivity contribution is 5.66. The number of rotatable bonds is 5. The van der Waals surface area contributed by atoms with Gasteiger partial charge in [-0.1, -0.05) is 34.6 Å². The molecule has 0 aromatic heterocycles. The van der Waals surface area contributed by atoms with Crippen molar-refractivity contribution in [3.8, 4) is 0 Å². The van der Waals surface area contributed by atoms with Crippen LogP contribution in [-0.2, 0) is 23.7 Å². The number of aliphatic hydroxyl groups excluding tert-OH is 4. The standard InChI is InChI=1S/C37H60O11/c1-18-15-21(28(32(5,6)43)46-19(2)38)48-37(44)27(18)33(7)13-14-36-17-35(36)12-11-24(47-29-26(41)25(40)20(39)16-45-29)31(3,4)22(35)9-10-23(36)34(33,8)30(37)42/h18,20-30,39-44H,9-17H2,1-8H3/t18-,20?,21-,22+,23+,24?,25+,26-,27-,28+,29+,30-,33-,34-,35?,36+,37-/m1/s1. The molecule has 5 saturated carbocycles. The lowest BCUT2D eigenvalue weighted by Crippen LogP contribution is -2.62. The van der Waals surface area contributed by atoms with E-state index in [1.165, 1.54) is 6.92 Å². The molecule has 7 aliphatic rings. The summed E-state index contributed by atoms with van der Waals surface area (Å²) in [4.78, 5) is 12.1. The van der Waals surface area contributed by atoms with Crippen LogP contribution in [0.2, 0.25) is 0 Å². The predicted octanol–water partition coefficient (Wildman–Crippen LogP) is 2.65. The first-order valence-electron chi connectivity index (χ1n) is 18.4. The second-order valence-corrected chi connectivity index (χ2v) is 18.8. The van der Waals surface area contributed by atoms with Crippen LogP contribution in [0.4, 0.5) is 0 Å². The number of aliphatic hydroxyl groups is 6. The molecule has 0 bridgehead atoms. The van der Waals surface area contributed by atoms with Gasteiger partial charge >= 0.3 is 5.97 Å². The molecule has 17 atom stereocenters. The Bertz CT molecular complexity index is 1300. The van der Waals surface area contributed by atoms with E-state index in [2.05, 4.69) is 34.6 Å². The Hall–Kier alpha value is -0.890. The van der Waals surface area contributed by atoms with Crippen LogP contribution in [0.1, 0.15) is 107 Å². The minimum Gasteiger partial charge on any atom is -0.457 e. The fraction of sp³-hybridized carbons (Fsp3) is 0.973. The molecular formula is C37H60O11. The number of carbonyl (C=O) groups excluding carboxylic acids is 1. The molecule has 5 aliphatic carbocycles. The Morgan fingerprint density at radius 2 is 1.58 bits per heavy atom. The molecule has 274 valence electrons. The largest absolute Gasteiger partial charge is 0.457 e. The summed E-state index contributed by atoms with van der Waals surface area (Å²) in [7, 11) is 0. The highest BCUT2D eigenvalue weighted by atomic mass is 16.7. The number of ether oxygens (including phenoxy) is 4. The monoisotopic (exact) mass is 680 g/mol. The van der Waals surface area contributed by atoms with Gasteiger partial charge in [0.2, 0.25) is 0 Å². The van der Waals surface area contributed by atoms with E-state index in [9.17, 15) is 35.4 Å². The van der Waals surface area contributed by atoms with E-state index in [0.717, 1.165) is 44.9 Å². The molecule has 6 N–H and O–H groups in total. The average molecular weight is 681 g/mol. The van der Waals surface area contributed by atoms with Gasteiger partial charge in [0, 0.05) is 18.3 Å². The topological polar surface area (TPSA) is 175 Å². The van der Waals surface area contributed by atoms with Gasteiger partial charge in [0.25, 0.3) is 0 Å². The van der Waals surface area contributed by atoms with Gasteiger partial charge < -0.3 is 49.6 Å². The third-order valence-electron chi connectivity index (χ3n) is 15.9. The fourth-order valence-corrected chi connectivity index (χ4v) is 13.8. The molecule has 2 saturated heterocycles. The van der Waals surface area contributed by atoms with Crippen LogP contribution in [0.3, 0.4) is 0 Å². The molecule has 0 aromatic carbocycles. The van der Waals surface area contributed by atoms with Crippen LogP contribution in [0.25, 0.3) is 0 Å². The molecular weight excluding hydrogens is 620 g/mol. The molecule has 0 amide bonds. The van der Waals surface area contributed by atoms with Crippen LogP contribution >= 0.6 is 0 Å². The van der Waals surface area contributed by atoms with Crippen molar-refractivity contribution < 1.29 is 54.4 Å². The van der Waals surface area contributed by atoms with E-state index < -0.39 is 71.1 Å². The van der Waals surface area contributed by atoms with Crippen LogP contribution in [0.5, 0.6) is 0 Å². The molecule has 2 heterocycles. The third kappa shape index (κ3) is 4.41. The molecule has 2 spiro atoms. The van der Waals surface area contributed by atoms with Crippen molar-refractivity contribution in [2.24, 2.45) is 50.7 Å². The Morgan fingerprint density at radius 3 is 2.23 bits per heavy atom. The summed E-state index contributed by atoms with van der Waals surface area (Å²) < 4.78 is 24.2. The van der Waals surface area contributed by atoms with Gasteiger partial charge in [0.1, 0.15) is 30.5 Å². The first-order chi connectivity index (χ1) is 22.1. The summed E-state index contributed by atoms with van der Waals surface area (Å²) >= 11 is 0. The molecule has 2 aliphatic heterocycles. The van der Waals surface area contributed by atoms with Crippen molar-refractivity contribution in [2.75, 3.05) is 6.61 Å². The lowest BCUT2D eigenvalue weighted by atomic mass is 9.41. The number of hydrogen-bond donors (Lipinski definition) is 6. The van der Waals surface area contributed by atoms with Crippen molar-refractivity contribution in [2.45, 2.75) is 167 Å². The summed E-state index contributed by atoms with van der Waals surface area (Å²) in [6.45, 7) is 15.4. The minimum atomic E-state index is -1.86. The maximum absolute atomic E-state index is 12.6. The van der Waals surface area contributed by atoms with Gasteiger partial charge in [0.15, 0.2) is 18.2 Å². The van der Waals surface area contributed by atoms with Gasteiger partial charge in [0.05, 0.1) is 18.3 Å². The summed E-state index contributed by atoms with van der Waals surface area (Å²) in [5.74, 6) is -2.26. The molecule has 11 nitrogen and oxygen atoms in total. The zero-order valence-corrected chi connectivity index (χ0v) is 30.0. The smallest absolute Gasteiger partial charge is 0.303 e. The lowest BCUT2D eigenvalue weighted by molar-refractivity contribution is -0.342. The van der Waals surface area contributed by atoms with Crippen molar-refractivity contribution in [1.29, 1.82) is 0 Å². The number of hydrogen-bond acceptors (Lipinski definition) is 11. The Labute approximate surface area is 284 Å². The van der Waals surface area contributed by atoms with Crippen molar-refractivity contribution >= 4 is 5.97 Å². The Kier molecular flexibility index (Phi) is 8.01. The number of esters is 1. The first-order valence-corrected chi connectivity index (χ1v) is 18.4. The van der Waals surface area contributed by atoms with Crippen molar-refractivity contribution in [3.05, 3.63) is 0 Å². The third-order valence-corrected chi connectivity index (χ3v) is 15.9. The van der Waals surface area contributed by atoms with E-state index >= 15 is 0 Å². The molecule has 11 heteroatoms. The lowest BCUT2D eigenvalue weighted by Gasteiger charge is -2.63. The Morgan fingerprint density at radius 1 is 0.938 bits per heavy atom. The molecule has 7 rings (SSSR count). The van der Waals surface area contributed by atoms with Crippen LogP contribution in [-0.4, -0.2) is 104 Å². The van der Waals surface area contributed by atoms with Gasteiger partial charge in [-0.3, -0.25) is 4.79 Å². The number of fused-ring (bicyclic) bond motifs is 4. The summed E-state index contributed by atoms with van der Waals surface area (Å²) in [6, 6.07) is 0. The molecule has 0 aromatic rings. The van der Waals surface area contributed by atoms with E-state index in [1.807, 2.05) is 0 Å². The van der Waals surface area contributed by atoms with E-state index in [-0.39, 0.29) is 46.7 Å². The maximum Gasteiger partial charge on any atom is 0.303 e. The zero-order valence-electron chi connectivity index (χ0n) is 30.0.